The Morgan fingerprint density at radius 1 is 1.21 bits per heavy atom. The highest BCUT2D eigenvalue weighted by Crippen LogP contribution is 2.14. The Bertz CT molecular complexity index is 411. The van der Waals surface area contributed by atoms with Gasteiger partial charge in [0.1, 0.15) is 5.84 Å². The Hall–Kier alpha value is -1.23. The molecule has 1 aliphatic rings. The molecule has 72 valence electrons. The van der Waals surface area contributed by atoms with E-state index >= 15 is 0 Å². The van der Waals surface area contributed by atoms with Crippen molar-refractivity contribution in [1.82, 2.24) is 4.98 Å². The van der Waals surface area contributed by atoms with Gasteiger partial charge in [-0.25, -0.2) is 0 Å². The van der Waals surface area contributed by atoms with Crippen molar-refractivity contribution in [1.29, 1.82) is 0 Å². The molecule has 0 unspecified atom stereocenters. The van der Waals surface area contributed by atoms with Gasteiger partial charge in [-0.15, -0.1) is 5.10 Å². The summed E-state index contributed by atoms with van der Waals surface area (Å²) in [7, 11) is 0. The Morgan fingerprint density at radius 2 is 2.07 bits per heavy atom. The van der Waals surface area contributed by atoms with Gasteiger partial charge in [-0.3, -0.25) is 4.98 Å². The second-order valence-electron chi connectivity index (χ2n) is 3.03. The highest BCUT2D eigenvalue weighted by atomic mass is 79.9. The topological polar surface area (TPSA) is 63.6 Å². The number of hydrogen-bond donors (Lipinski definition) is 1. The van der Waals surface area contributed by atoms with Gasteiger partial charge in [-0.2, -0.15) is 5.10 Å². The molecule has 0 saturated heterocycles. The fourth-order valence-corrected chi connectivity index (χ4v) is 1.61. The fraction of sp³-hybridized carbons (Fsp3) is 0.222. The number of nitrogens with two attached hydrogens (primary N) is 1. The van der Waals surface area contributed by atoms with Crippen LogP contribution in [0.5, 0.6) is 0 Å². The monoisotopic (exact) mass is 252 g/mol. The highest BCUT2D eigenvalue weighted by Gasteiger charge is 2.09. The van der Waals surface area contributed by atoms with Crippen LogP contribution in [-0.2, 0) is 0 Å². The number of rotatable bonds is 1. The van der Waals surface area contributed by atoms with Crippen LogP contribution in [0, 0.1) is 0 Å². The summed E-state index contributed by atoms with van der Waals surface area (Å²) < 4.78 is 0.945. The first-order chi connectivity index (χ1) is 6.75. The van der Waals surface area contributed by atoms with E-state index in [0.717, 1.165) is 28.6 Å². The van der Waals surface area contributed by atoms with Crippen LogP contribution >= 0.6 is 15.9 Å². The van der Waals surface area contributed by atoms with Gasteiger partial charge in [0.25, 0.3) is 0 Å². The number of amidine groups is 1. The summed E-state index contributed by atoms with van der Waals surface area (Å²) in [4.78, 5) is 4.07. The van der Waals surface area contributed by atoms with Crippen LogP contribution in [0.2, 0.25) is 0 Å². The summed E-state index contributed by atoms with van der Waals surface area (Å²) >= 11 is 3.36. The van der Waals surface area contributed by atoms with Crippen LogP contribution in [-0.4, -0.2) is 16.5 Å². The Morgan fingerprint density at radius 3 is 2.71 bits per heavy atom. The van der Waals surface area contributed by atoms with Crippen LogP contribution in [0.4, 0.5) is 0 Å². The SMILES string of the molecule is NC1=NN=C(c2cncc(Br)c2)CC1. The van der Waals surface area contributed by atoms with Crippen molar-refractivity contribution in [3.05, 3.63) is 28.5 Å². The molecule has 14 heavy (non-hydrogen) atoms. The van der Waals surface area contributed by atoms with Gasteiger partial charge < -0.3 is 5.73 Å². The molecule has 4 nitrogen and oxygen atoms in total. The van der Waals surface area contributed by atoms with E-state index in [4.69, 9.17) is 5.73 Å². The van der Waals surface area contributed by atoms with Crippen LogP contribution < -0.4 is 5.73 Å². The molecule has 0 bridgehead atoms. The van der Waals surface area contributed by atoms with Crippen LogP contribution in [0.3, 0.4) is 0 Å². The van der Waals surface area contributed by atoms with Gasteiger partial charge in [-0.1, -0.05) is 0 Å². The van der Waals surface area contributed by atoms with Gasteiger partial charge in [0.15, 0.2) is 0 Å². The van der Waals surface area contributed by atoms with E-state index in [2.05, 4.69) is 31.1 Å². The molecule has 1 aromatic rings. The summed E-state index contributed by atoms with van der Waals surface area (Å²) in [6.45, 7) is 0. The third kappa shape index (κ3) is 1.98. The first-order valence-electron chi connectivity index (χ1n) is 4.25. The maximum atomic E-state index is 5.52. The van der Waals surface area contributed by atoms with Crippen molar-refractivity contribution >= 4 is 27.5 Å². The van der Waals surface area contributed by atoms with Gasteiger partial charge in [0.05, 0.1) is 5.71 Å². The summed E-state index contributed by atoms with van der Waals surface area (Å²) in [6, 6.07) is 1.98. The van der Waals surface area contributed by atoms with E-state index < -0.39 is 0 Å². The lowest BCUT2D eigenvalue weighted by Crippen LogP contribution is -2.17. The molecule has 0 amide bonds. The zero-order valence-corrected chi connectivity index (χ0v) is 9.03. The first-order valence-corrected chi connectivity index (χ1v) is 5.05. The predicted molar refractivity (Wildman–Crippen MR) is 59.3 cm³/mol. The van der Waals surface area contributed by atoms with E-state index in [9.17, 15) is 0 Å². The van der Waals surface area contributed by atoms with E-state index in [1.165, 1.54) is 0 Å². The molecular weight excluding hydrogens is 244 g/mol. The lowest BCUT2D eigenvalue weighted by molar-refractivity contribution is 1.02. The van der Waals surface area contributed by atoms with Crippen molar-refractivity contribution < 1.29 is 0 Å². The maximum Gasteiger partial charge on any atom is 0.122 e. The smallest absolute Gasteiger partial charge is 0.122 e. The largest absolute Gasteiger partial charge is 0.386 e. The molecule has 2 heterocycles. The van der Waals surface area contributed by atoms with Crippen molar-refractivity contribution in [2.24, 2.45) is 15.9 Å². The number of pyridine rings is 1. The molecule has 1 aliphatic heterocycles. The minimum Gasteiger partial charge on any atom is -0.386 e. The minimum absolute atomic E-state index is 0.594. The molecule has 0 aromatic carbocycles. The number of nitrogens with zero attached hydrogens (tertiary/aromatic N) is 3. The second-order valence-corrected chi connectivity index (χ2v) is 3.95. The molecule has 2 rings (SSSR count). The molecule has 0 aliphatic carbocycles. The molecule has 0 saturated carbocycles. The molecule has 0 radical (unpaired) electrons. The fourth-order valence-electron chi connectivity index (χ4n) is 1.24. The number of aromatic nitrogens is 1. The van der Waals surface area contributed by atoms with Crippen molar-refractivity contribution in [2.45, 2.75) is 12.8 Å². The lowest BCUT2D eigenvalue weighted by Gasteiger charge is -2.08. The number of halogens is 1. The Kier molecular flexibility index (Phi) is 2.58. The highest BCUT2D eigenvalue weighted by molar-refractivity contribution is 9.10. The zero-order valence-electron chi connectivity index (χ0n) is 7.44. The zero-order chi connectivity index (χ0) is 9.97. The molecule has 0 spiro atoms. The summed E-state index contributed by atoms with van der Waals surface area (Å²) in [6.07, 6.45) is 5.12. The van der Waals surface area contributed by atoms with E-state index in [0.29, 0.717) is 5.84 Å². The predicted octanol–water partition coefficient (Wildman–Crippen LogP) is 1.70. The molecule has 1 aromatic heterocycles. The average Bonchev–Trinajstić information content (AvgIpc) is 2.19. The van der Waals surface area contributed by atoms with Crippen LogP contribution in [0.25, 0.3) is 0 Å². The molecule has 0 atom stereocenters. The van der Waals surface area contributed by atoms with Gasteiger partial charge in [0.2, 0.25) is 0 Å². The van der Waals surface area contributed by atoms with Crippen molar-refractivity contribution in [3.8, 4) is 0 Å². The van der Waals surface area contributed by atoms with Crippen molar-refractivity contribution in [3.63, 3.8) is 0 Å². The normalized spacial score (nSPS) is 16.1. The van der Waals surface area contributed by atoms with Crippen molar-refractivity contribution in [2.75, 3.05) is 0 Å². The lowest BCUT2D eigenvalue weighted by atomic mass is 10.1. The molecular formula is C9H9BrN4. The summed E-state index contributed by atoms with van der Waals surface area (Å²) in [5.74, 6) is 0.594. The third-order valence-electron chi connectivity index (χ3n) is 1.96. The summed E-state index contributed by atoms with van der Waals surface area (Å²) in [5, 5.41) is 7.90. The van der Waals surface area contributed by atoms with E-state index in [1.807, 2.05) is 6.07 Å². The Balaban J connectivity index is 2.32. The molecule has 2 N–H and O–H groups in total. The third-order valence-corrected chi connectivity index (χ3v) is 2.39. The van der Waals surface area contributed by atoms with E-state index in [1.54, 1.807) is 12.4 Å². The summed E-state index contributed by atoms with van der Waals surface area (Å²) in [5.41, 5.74) is 7.46. The minimum atomic E-state index is 0.594. The second kappa shape index (κ2) is 3.88. The first kappa shape index (κ1) is 9.33. The quantitative estimate of drug-likeness (QED) is 0.827. The maximum absolute atomic E-state index is 5.52. The van der Waals surface area contributed by atoms with Gasteiger partial charge in [0, 0.05) is 28.9 Å². The molecule has 5 heteroatoms. The molecule has 0 fully saturated rings. The van der Waals surface area contributed by atoms with Crippen LogP contribution in [0.1, 0.15) is 18.4 Å². The number of hydrogen-bond acceptors (Lipinski definition) is 4. The van der Waals surface area contributed by atoms with Gasteiger partial charge in [-0.05, 0) is 28.4 Å². The van der Waals surface area contributed by atoms with Crippen LogP contribution in [0.15, 0.2) is 33.1 Å². The van der Waals surface area contributed by atoms with Gasteiger partial charge >= 0.3 is 0 Å². The Labute approximate surface area is 90.1 Å². The standard InChI is InChI=1S/C9H9BrN4/c10-7-3-6(4-12-5-7)8-1-2-9(11)14-13-8/h3-5H,1-2H2,(H2,11,14). The average molecular weight is 253 g/mol. The van der Waals surface area contributed by atoms with E-state index in [-0.39, 0.29) is 0 Å².